The van der Waals surface area contributed by atoms with Gasteiger partial charge in [0.1, 0.15) is 0 Å². The van der Waals surface area contributed by atoms with Crippen LogP contribution in [-0.4, -0.2) is 28.3 Å². The maximum absolute atomic E-state index is 12.9. The second-order valence-corrected chi connectivity index (χ2v) is 8.01. The van der Waals surface area contributed by atoms with Gasteiger partial charge in [-0.3, -0.25) is 4.79 Å². The monoisotopic (exact) mass is 386 g/mol. The van der Waals surface area contributed by atoms with Crippen LogP contribution in [0.25, 0.3) is 17.0 Å². The first-order chi connectivity index (χ1) is 14.2. The van der Waals surface area contributed by atoms with E-state index in [0.717, 1.165) is 42.5 Å². The lowest BCUT2D eigenvalue weighted by atomic mass is 9.90. The van der Waals surface area contributed by atoms with Gasteiger partial charge < -0.3 is 9.47 Å². The van der Waals surface area contributed by atoms with Gasteiger partial charge in [-0.05, 0) is 56.0 Å². The molecule has 1 aliphatic heterocycles. The van der Waals surface area contributed by atoms with Crippen LogP contribution in [0.5, 0.6) is 0 Å². The first-order valence-corrected chi connectivity index (χ1v) is 10.8. The van der Waals surface area contributed by atoms with Crippen LogP contribution in [-0.2, 0) is 6.54 Å². The fraction of sp³-hybridized carbons (Fsp3) is 0.346. The Morgan fingerprint density at radius 3 is 2.52 bits per heavy atom. The average Bonchev–Trinajstić information content (AvgIpc) is 3.16. The van der Waals surface area contributed by atoms with E-state index in [2.05, 4.69) is 65.1 Å². The summed E-state index contributed by atoms with van der Waals surface area (Å²) in [4.78, 5) is 15.3. The third-order valence-electron chi connectivity index (χ3n) is 6.14. The molecule has 0 bridgehead atoms. The Kier molecular flexibility index (Phi) is 6.14. The number of benzene rings is 2. The van der Waals surface area contributed by atoms with Gasteiger partial charge in [0.25, 0.3) is 0 Å². The normalized spacial score (nSPS) is 15.4. The average molecular weight is 387 g/mol. The van der Waals surface area contributed by atoms with Crippen molar-refractivity contribution in [1.29, 1.82) is 0 Å². The molecule has 1 saturated heterocycles. The third-order valence-corrected chi connectivity index (χ3v) is 6.14. The Morgan fingerprint density at radius 2 is 1.76 bits per heavy atom. The van der Waals surface area contributed by atoms with Crippen LogP contribution in [0.4, 0.5) is 0 Å². The maximum Gasteiger partial charge on any atom is 0.165 e. The van der Waals surface area contributed by atoms with Gasteiger partial charge in [-0.2, -0.15) is 0 Å². The van der Waals surface area contributed by atoms with Crippen LogP contribution in [0.15, 0.2) is 67.0 Å². The molecule has 150 valence electrons. The summed E-state index contributed by atoms with van der Waals surface area (Å²) in [6, 6.07) is 18.7. The molecule has 3 heteroatoms. The van der Waals surface area contributed by atoms with E-state index in [9.17, 15) is 4.79 Å². The van der Waals surface area contributed by atoms with Crippen LogP contribution in [0.2, 0.25) is 0 Å². The fourth-order valence-electron chi connectivity index (χ4n) is 4.35. The number of likely N-dealkylation sites (tertiary alicyclic amines) is 1. The number of ketones is 1. The molecule has 0 atom stereocenters. The number of aromatic nitrogens is 1. The van der Waals surface area contributed by atoms with Gasteiger partial charge in [0.15, 0.2) is 5.78 Å². The summed E-state index contributed by atoms with van der Waals surface area (Å²) in [7, 11) is 0. The minimum atomic E-state index is 0.291. The molecule has 0 amide bonds. The second-order valence-electron chi connectivity index (χ2n) is 8.01. The Bertz CT molecular complexity index is 978. The predicted molar refractivity (Wildman–Crippen MR) is 121 cm³/mol. The number of rotatable bonds is 7. The van der Waals surface area contributed by atoms with Crippen LogP contribution in [0.3, 0.4) is 0 Å². The topological polar surface area (TPSA) is 25.2 Å². The molecule has 0 radical (unpaired) electrons. The summed E-state index contributed by atoms with van der Waals surface area (Å²) in [5, 5.41) is 1.10. The number of piperidine rings is 1. The lowest BCUT2D eigenvalue weighted by molar-refractivity contribution is 0.0968. The summed E-state index contributed by atoms with van der Waals surface area (Å²) in [6.45, 7) is 5.18. The Labute approximate surface area is 173 Å². The highest BCUT2D eigenvalue weighted by atomic mass is 16.1. The minimum Gasteiger partial charge on any atom is -0.377 e. The fourth-order valence-corrected chi connectivity index (χ4v) is 4.35. The smallest absolute Gasteiger partial charge is 0.165 e. The molecule has 3 aromatic rings. The van der Waals surface area contributed by atoms with Gasteiger partial charge in [-0.1, -0.05) is 48.5 Å². The zero-order valence-corrected chi connectivity index (χ0v) is 17.3. The highest BCUT2D eigenvalue weighted by molar-refractivity contribution is 6.08. The van der Waals surface area contributed by atoms with E-state index < -0.39 is 0 Å². The molecule has 1 aromatic heterocycles. The molecule has 1 aliphatic rings. The van der Waals surface area contributed by atoms with E-state index in [4.69, 9.17) is 0 Å². The number of aryl methyl sites for hydroxylation is 1. The number of fused-ring (bicyclic) bond motifs is 1. The molecular weight excluding hydrogens is 356 g/mol. The molecule has 29 heavy (non-hydrogen) atoms. The molecule has 2 heterocycles. The quantitative estimate of drug-likeness (QED) is 0.465. The van der Waals surface area contributed by atoms with Gasteiger partial charge in [-0.25, -0.2) is 0 Å². The first-order valence-electron chi connectivity index (χ1n) is 10.8. The molecule has 1 fully saturated rings. The lowest BCUT2D eigenvalue weighted by Crippen LogP contribution is -2.29. The minimum absolute atomic E-state index is 0.291. The number of carbonyl (C=O) groups excluding carboxylic acids is 1. The van der Waals surface area contributed by atoms with Crippen molar-refractivity contribution in [3.63, 3.8) is 0 Å². The Morgan fingerprint density at radius 1 is 1.03 bits per heavy atom. The Hall–Kier alpha value is -2.81. The van der Waals surface area contributed by atoms with Crippen LogP contribution in [0.1, 0.15) is 48.5 Å². The molecule has 0 N–H and O–H groups in total. The Balaban J connectivity index is 1.30. The number of Topliss-reactive ketones (excluding diaryl/α,β-unsaturated/α-hetero) is 1. The maximum atomic E-state index is 12.9. The third kappa shape index (κ3) is 4.61. The largest absolute Gasteiger partial charge is 0.377 e. The van der Waals surface area contributed by atoms with Gasteiger partial charge in [0, 0.05) is 48.7 Å². The van der Waals surface area contributed by atoms with Gasteiger partial charge in [0.05, 0.1) is 0 Å². The van der Waals surface area contributed by atoms with Gasteiger partial charge in [0.2, 0.25) is 0 Å². The van der Waals surface area contributed by atoms with Gasteiger partial charge in [-0.15, -0.1) is 0 Å². The molecule has 3 nitrogen and oxygen atoms in total. The highest BCUT2D eigenvalue weighted by Gasteiger charge is 2.20. The van der Waals surface area contributed by atoms with E-state index in [0.29, 0.717) is 18.1 Å². The molecule has 0 aliphatic carbocycles. The predicted octanol–water partition coefficient (Wildman–Crippen LogP) is 6.01. The van der Waals surface area contributed by atoms with Crippen molar-refractivity contribution < 1.29 is 4.79 Å². The van der Waals surface area contributed by atoms with Crippen LogP contribution < -0.4 is 0 Å². The molecule has 4 rings (SSSR count). The highest BCUT2D eigenvalue weighted by Crippen LogP contribution is 2.26. The number of nitrogens with zero attached hydrogens (tertiary/aromatic N) is 2. The molecule has 0 unspecified atom stereocenters. The second kappa shape index (κ2) is 9.13. The van der Waals surface area contributed by atoms with Crippen molar-refractivity contribution in [3.8, 4) is 0 Å². The van der Waals surface area contributed by atoms with E-state index in [-0.39, 0.29) is 0 Å². The van der Waals surface area contributed by atoms with E-state index in [1.807, 2.05) is 24.4 Å². The lowest BCUT2D eigenvalue weighted by Gasteiger charge is -2.31. The summed E-state index contributed by atoms with van der Waals surface area (Å²) < 4.78 is 2.18. The van der Waals surface area contributed by atoms with Crippen molar-refractivity contribution in [2.75, 3.05) is 13.1 Å². The zero-order valence-electron chi connectivity index (χ0n) is 17.3. The standard InChI is InChI=1S/C26H30N2O/c1-2-28-20-24(23-10-6-7-11-25(23)28)26(29)13-12-22-15-18-27(19-16-22)17-14-21-8-4-3-5-9-21/h3-11,14,17,20,22H,2,12-13,15-16,18-19H2,1H3. The van der Waals surface area contributed by atoms with Gasteiger partial charge >= 0.3 is 0 Å². The van der Waals surface area contributed by atoms with Crippen molar-refractivity contribution in [2.45, 2.75) is 39.2 Å². The molecular formula is C26H30N2O. The number of hydrogen-bond acceptors (Lipinski definition) is 2. The summed E-state index contributed by atoms with van der Waals surface area (Å²) >= 11 is 0. The van der Waals surface area contributed by atoms with Crippen molar-refractivity contribution in [1.82, 2.24) is 9.47 Å². The van der Waals surface area contributed by atoms with E-state index in [1.54, 1.807) is 0 Å². The van der Waals surface area contributed by atoms with Crippen molar-refractivity contribution in [3.05, 3.63) is 78.1 Å². The van der Waals surface area contributed by atoms with E-state index in [1.165, 1.54) is 18.4 Å². The van der Waals surface area contributed by atoms with Crippen LogP contribution >= 0.6 is 0 Å². The zero-order chi connectivity index (χ0) is 20.1. The summed E-state index contributed by atoms with van der Waals surface area (Å²) in [5.74, 6) is 0.944. The number of para-hydroxylation sites is 1. The molecule has 0 spiro atoms. The summed E-state index contributed by atoms with van der Waals surface area (Å²) in [6.07, 6.45) is 10.4. The van der Waals surface area contributed by atoms with Crippen molar-refractivity contribution >= 4 is 22.8 Å². The summed E-state index contributed by atoms with van der Waals surface area (Å²) in [5.41, 5.74) is 3.30. The first kappa shape index (κ1) is 19.5. The SMILES string of the molecule is CCn1cc(C(=O)CCC2CCN(C=Cc3ccccc3)CC2)c2ccccc21. The van der Waals surface area contributed by atoms with Crippen molar-refractivity contribution in [2.24, 2.45) is 5.92 Å². The van der Waals surface area contributed by atoms with E-state index >= 15 is 0 Å². The number of carbonyl (C=O) groups is 1. The molecule has 0 saturated carbocycles. The van der Waals surface area contributed by atoms with Crippen LogP contribution in [0, 0.1) is 5.92 Å². The number of hydrogen-bond donors (Lipinski definition) is 0. The molecule has 2 aromatic carbocycles.